The van der Waals surface area contributed by atoms with Crippen LogP contribution in [0.3, 0.4) is 0 Å². The van der Waals surface area contributed by atoms with Crippen LogP contribution >= 0.6 is 11.6 Å². The van der Waals surface area contributed by atoms with Crippen molar-refractivity contribution in [1.29, 1.82) is 0 Å². The second kappa shape index (κ2) is 3.30. The van der Waals surface area contributed by atoms with Crippen molar-refractivity contribution < 1.29 is 0 Å². The molecule has 78 valence electrons. The van der Waals surface area contributed by atoms with Gasteiger partial charge in [0, 0.05) is 13.1 Å². The van der Waals surface area contributed by atoms with Crippen molar-refractivity contribution in [2.75, 3.05) is 18.0 Å². The smallest absolute Gasteiger partial charge is 0.199 e. The highest BCUT2D eigenvalue weighted by Crippen LogP contribution is 2.21. The van der Waals surface area contributed by atoms with Crippen molar-refractivity contribution in [3.8, 4) is 0 Å². The molecule has 2 aromatic heterocycles. The van der Waals surface area contributed by atoms with Gasteiger partial charge in [-0.3, -0.25) is 4.98 Å². The highest BCUT2D eigenvalue weighted by Gasteiger charge is 2.22. The van der Waals surface area contributed by atoms with Gasteiger partial charge < -0.3 is 4.90 Å². The maximum absolute atomic E-state index is 6.06. The Bertz CT molecular complexity index is 483. The van der Waals surface area contributed by atoms with Crippen molar-refractivity contribution in [1.82, 2.24) is 25.0 Å². The molecule has 7 heteroatoms. The number of anilines is 1. The second-order valence-electron chi connectivity index (χ2n) is 3.55. The molecule has 3 rings (SSSR count). The van der Waals surface area contributed by atoms with Crippen LogP contribution in [0.5, 0.6) is 0 Å². The standard InChI is InChI=1S/C8H9ClN6/c9-6-1-2-14(5-6)8-4-10-3-7-11-12-13-15(7)8/h3-4,6H,1-2,5H2. The van der Waals surface area contributed by atoms with Crippen molar-refractivity contribution in [2.24, 2.45) is 0 Å². The molecule has 1 unspecified atom stereocenters. The van der Waals surface area contributed by atoms with E-state index in [4.69, 9.17) is 11.6 Å². The van der Waals surface area contributed by atoms with Crippen molar-refractivity contribution in [2.45, 2.75) is 11.8 Å². The fourth-order valence-corrected chi connectivity index (χ4v) is 2.07. The van der Waals surface area contributed by atoms with Crippen LogP contribution in [0.15, 0.2) is 12.4 Å². The Morgan fingerprint density at radius 2 is 2.33 bits per heavy atom. The molecule has 6 nitrogen and oxygen atoms in total. The van der Waals surface area contributed by atoms with Crippen LogP contribution in [0.25, 0.3) is 5.65 Å². The Morgan fingerprint density at radius 1 is 1.40 bits per heavy atom. The first kappa shape index (κ1) is 8.84. The molecule has 3 heterocycles. The maximum Gasteiger partial charge on any atom is 0.199 e. The fourth-order valence-electron chi connectivity index (χ4n) is 1.80. The Balaban J connectivity index is 2.06. The quantitative estimate of drug-likeness (QED) is 0.654. The molecular weight excluding hydrogens is 216 g/mol. The van der Waals surface area contributed by atoms with Gasteiger partial charge in [-0.15, -0.1) is 16.7 Å². The van der Waals surface area contributed by atoms with E-state index in [-0.39, 0.29) is 5.38 Å². The molecule has 15 heavy (non-hydrogen) atoms. The third-order valence-electron chi connectivity index (χ3n) is 2.55. The summed E-state index contributed by atoms with van der Waals surface area (Å²) < 4.78 is 1.68. The molecule has 1 aliphatic rings. The Kier molecular flexibility index (Phi) is 1.95. The average Bonchev–Trinajstić information content (AvgIpc) is 2.84. The lowest BCUT2D eigenvalue weighted by Crippen LogP contribution is -2.22. The minimum Gasteiger partial charge on any atom is -0.354 e. The zero-order valence-electron chi connectivity index (χ0n) is 7.91. The monoisotopic (exact) mass is 224 g/mol. The van der Waals surface area contributed by atoms with Gasteiger partial charge in [0.25, 0.3) is 0 Å². The van der Waals surface area contributed by atoms with Crippen LogP contribution in [0.1, 0.15) is 6.42 Å². The van der Waals surface area contributed by atoms with E-state index in [1.54, 1.807) is 16.9 Å². The minimum atomic E-state index is 0.205. The molecule has 0 radical (unpaired) electrons. The summed E-state index contributed by atoms with van der Waals surface area (Å²) in [6, 6.07) is 0. The van der Waals surface area contributed by atoms with Crippen LogP contribution in [-0.4, -0.2) is 43.5 Å². The van der Waals surface area contributed by atoms with Gasteiger partial charge in [0.15, 0.2) is 11.5 Å². The summed E-state index contributed by atoms with van der Waals surface area (Å²) in [4.78, 5) is 6.25. The number of aromatic nitrogens is 5. The Hall–Kier alpha value is -1.43. The molecule has 0 spiro atoms. The number of hydrogen-bond donors (Lipinski definition) is 0. The van der Waals surface area contributed by atoms with Crippen LogP contribution in [0.4, 0.5) is 5.82 Å². The normalized spacial score (nSPS) is 21.4. The van der Waals surface area contributed by atoms with Crippen LogP contribution in [-0.2, 0) is 0 Å². The highest BCUT2D eigenvalue weighted by molar-refractivity contribution is 6.21. The zero-order chi connectivity index (χ0) is 10.3. The predicted molar refractivity (Wildman–Crippen MR) is 55.0 cm³/mol. The molecule has 0 saturated carbocycles. The van der Waals surface area contributed by atoms with Gasteiger partial charge in [-0.05, 0) is 16.8 Å². The van der Waals surface area contributed by atoms with Gasteiger partial charge in [0.05, 0.1) is 17.8 Å². The van der Waals surface area contributed by atoms with Gasteiger partial charge in [0.1, 0.15) is 0 Å². The van der Waals surface area contributed by atoms with E-state index < -0.39 is 0 Å². The highest BCUT2D eigenvalue weighted by atomic mass is 35.5. The number of fused-ring (bicyclic) bond motifs is 1. The van der Waals surface area contributed by atoms with Gasteiger partial charge in [-0.1, -0.05) is 0 Å². The van der Waals surface area contributed by atoms with E-state index in [0.29, 0.717) is 5.65 Å². The Labute approximate surface area is 90.9 Å². The first-order valence-corrected chi connectivity index (χ1v) is 5.19. The molecule has 0 aromatic carbocycles. The van der Waals surface area contributed by atoms with Gasteiger partial charge in [-0.2, -0.15) is 4.52 Å². The zero-order valence-corrected chi connectivity index (χ0v) is 8.67. The molecule has 1 aliphatic heterocycles. The van der Waals surface area contributed by atoms with Crippen molar-refractivity contribution in [3.05, 3.63) is 12.4 Å². The lowest BCUT2D eigenvalue weighted by Gasteiger charge is -2.16. The van der Waals surface area contributed by atoms with Crippen molar-refractivity contribution in [3.63, 3.8) is 0 Å². The third kappa shape index (κ3) is 1.41. The topological polar surface area (TPSA) is 59.2 Å². The number of halogens is 1. The largest absolute Gasteiger partial charge is 0.354 e. The number of tetrazole rings is 1. The summed E-state index contributed by atoms with van der Waals surface area (Å²) in [5.41, 5.74) is 0.658. The summed E-state index contributed by atoms with van der Waals surface area (Å²) in [5, 5.41) is 11.6. The Morgan fingerprint density at radius 3 is 3.13 bits per heavy atom. The second-order valence-corrected chi connectivity index (χ2v) is 4.16. The molecule has 1 atom stereocenters. The summed E-state index contributed by atoms with van der Waals surface area (Å²) in [6.45, 7) is 1.75. The summed E-state index contributed by atoms with van der Waals surface area (Å²) in [5.74, 6) is 0.903. The SMILES string of the molecule is ClC1CCN(c2cncc3nnnn23)C1. The van der Waals surface area contributed by atoms with E-state index in [2.05, 4.69) is 25.4 Å². The number of alkyl halides is 1. The number of rotatable bonds is 1. The van der Waals surface area contributed by atoms with Crippen LogP contribution in [0.2, 0.25) is 0 Å². The molecule has 0 aliphatic carbocycles. The molecule has 0 bridgehead atoms. The third-order valence-corrected chi connectivity index (χ3v) is 2.90. The van der Waals surface area contributed by atoms with E-state index in [1.165, 1.54) is 0 Å². The van der Waals surface area contributed by atoms with E-state index in [0.717, 1.165) is 25.3 Å². The van der Waals surface area contributed by atoms with Gasteiger partial charge in [-0.25, -0.2) is 0 Å². The van der Waals surface area contributed by atoms with Gasteiger partial charge >= 0.3 is 0 Å². The summed E-state index contributed by atoms with van der Waals surface area (Å²) >= 11 is 6.06. The minimum absolute atomic E-state index is 0.205. The number of nitrogens with zero attached hydrogens (tertiary/aromatic N) is 6. The summed E-state index contributed by atoms with van der Waals surface area (Å²) in [6.07, 6.45) is 4.39. The van der Waals surface area contributed by atoms with E-state index in [1.807, 2.05) is 0 Å². The lowest BCUT2D eigenvalue weighted by atomic mass is 10.4. The van der Waals surface area contributed by atoms with Crippen LogP contribution < -0.4 is 4.90 Å². The lowest BCUT2D eigenvalue weighted by molar-refractivity contribution is 0.790. The summed E-state index contributed by atoms with van der Waals surface area (Å²) in [7, 11) is 0. The fraction of sp³-hybridized carbons (Fsp3) is 0.500. The van der Waals surface area contributed by atoms with Crippen LogP contribution in [0, 0.1) is 0 Å². The molecule has 2 aromatic rings. The van der Waals surface area contributed by atoms with Crippen molar-refractivity contribution >= 4 is 23.1 Å². The maximum atomic E-state index is 6.06. The average molecular weight is 225 g/mol. The molecular formula is C8H9ClN6. The first-order chi connectivity index (χ1) is 7.34. The van der Waals surface area contributed by atoms with E-state index >= 15 is 0 Å². The van der Waals surface area contributed by atoms with E-state index in [9.17, 15) is 0 Å². The molecule has 0 N–H and O–H groups in total. The first-order valence-electron chi connectivity index (χ1n) is 4.76. The predicted octanol–water partition coefficient (Wildman–Crippen LogP) is 0.337. The van der Waals surface area contributed by atoms with Gasteiger partial charge in [0.2, 0.25) is 0 Å². The molecule has 1 saturated heterocycles. The number of hydrogen-bond acceptors (Lipinski definition) is 5. The molecule has 1 fully saturated rings. The molecule has 0 amide bonds.